The van der Waals surface area contributed by atoms with Crippen molar-refractivity contribution in [3.63, 3.8) is 0 Å². The van der Waals surface area contributed by atoms with E-state index < -0.39 is 18.4 Å². The van der Waals surface area contributed by atoms with Crippen molar-refractivity contribution < 1.29 is 18.7 Å². The summed E-state index contributed by atoms with van der Waals surface area (Å²) in [4.78, 5) is 24.7. The lowest BCUT2D eigenvalue weighted by molar-refractivity contribution is -0.114. The summed E-state index contributed by atoms with van der Waals surface area (Å²) in [6.07, 6.45) is 0.227. The Morgan fingerprint density at radius 3 is 2.76 bits per heavy atom. The van der Waals surface area contributed by atoms with Gasteiger partial charge in [-0.3, -0.25) is 14.0 Å². The average Bonchev–Trinajstić information content (AvgIpc) is 2.60. The fourth-order valence-corrected chi connectivity index (χ4v) is 1.85. The molecule has 0 bridgehead atoms. The summed E-state index contributed by atoms with van der Waals surface area (Å²) >= 11 is 0. The van der Waals surface area contributed by atoms with Crippen molar-refractivity contribution in [3.8, 4) is 5.75 Å². The van der Waals surface area contributed by atoms with Crippen LogP contribution in [0.25, 0.3) is 0 Å². The van der Waals surface area contributed by atoms with Crippen molar-refractivity contribution in [2.75, 3.05) is 25.2 Å². The zero-order valence-corrected chi connectivity index (χ0v) is 9.40. The highest BCUT2D eigenvalue weighted by Crippen LogP contribution is 2.31. The molecule has 17 heavy (non-hydrogen) atoms. The molecule has 1 amide bonds. The van der Waals surface area contributed by atoms with Crippen LogP contribution >= 0.6 is 0 Å². The van der Waals surface area contributed by atoms with Crippen LogP contribution in [0.15, 0.2) is 18.2 Å². The second kappa shape index (κ2) is 4.53. The van der Waals surface area contributed by atoms with E-state index in [1.807, 2.05) is 0 Å². The van der Waals surface area contributed by atoms with Gasteiger partial charge in [-0.15, -0.1) is 0 Å². The molecule has 5 heteroatoms. The van der Waals surface area contributed by atoms with Gasteiger partial charge in [0.1, 0.15) is 5.75 Å². The number of amides is 1. The van der Waals surface area contributed by atoms with E-state index in [0.29, 0.717) is 17.0 Å². The quantitative estimate of drug-likeness (QED) is 0.747. The Hall–Kier alpha value is -1.91. The van der Waals surface area contributed by atoms with Gasteiger partial charge in [-0.05, 0) is 24.6 Å². The standard InChI is InChI=1S/C12H12FNO3/c1-17-8-3-4-10-9(7-8)11(15)12(16)14(10)6-2-5-13/h3-4,7H,2,5-6H2,1H3. The maximum Gasteiger partial charge on any atom is 0.299 e. The predicted molar refractivity (Wildman–Crippen MR) is 60.3 cm³/mol. The summed E-state index contributed by atoms with van der Waals surface area (Å²) < 4.78 is 17.1. The smallest absolute Gasteiger partial charge is 0.299 e. The fourth-order valence-electron chi connectivity index (χ4n) is 1.85. The van der Waals surface area contributed by atoms with E-state index >= 15 is 0 Å². The number of ether oxygens (including phenoxy) is 1. The molecule has 1 aromatic rings. The fraction of sp³-hybridized carbons (Fsp3) is 0.333. The molecule has 1 aliphatic rings. The highest BCUT2D eigenvalue weighted by molar-refractivity contribution is 6.52. The van der Waals surface area contributed by atoms with Crippen LogP contribution in [-0.4, -0.2) is 32.0 Å². The Morgan fingerprint density at radius 2 is 2.12 bits per heavy atom. The molecule has 0 saturated heterocycles. The van der Waals surface area contributed by atoms with E-state index in [1.54, 1.807) is 12.1 Å². The molecule has 0 unspecified atom stereocenters. The van der Waals surface area contributed by atoms with E-state index in [0.717, 1.165) is 0 Å². The van der Waals surface area contributed by atoms with Gasteiger partial charge in [0.2, 0.25) is 0 Å². The molecule has 0 aromatic heterocycles. The van der Waals surface area contributed by atoms with Crippen LogP contribution in [0.1, 0.15) is 16.8 Å². The largest absolute Gasteiger partial charge is 0.497 e. The minimum Gasteiger partial charge on any atom is -0.497 e. The lowest BCUT2D eigenvalue weighted by atomic mass is 10.1. The predicted octanol–water partition coefficient (Wildman–Crippen LogP) is 1.58. The summed E-state index contributed by atoms with van der Waals surface area (Å²) in [7, 11) is 1.49. The van der Waals surface area contributed by atoms with Crippen molar-refractivity contribution in [1.82, 2.24) is 0 Å². The van der Waals surface area contributed by atoms with E-state index in [1.165, 1.54) is 18.1 Å². The number of ketones is 1. The number of carbonyl (C=O) groups is 2. The van der Waals surface area contributed by atoms with Crippen LogP contribution in [0.4, 0.5) is 10.1 Å². The number of Topliss-reactive ketones (excluding diaryl/α,β-unsaturated/α-hetero) is 1. The highest BCUT2D eigenvalue weighted by atomic mass is 19.1. The minimum absolute atomic E-state index is 0.223. The topological polar surface area (TPSA) is 46.6 Å². The lowest BCUT2D eigenvalue weighted by Gasteiger charge is -2.15. The lowest BCUT2D eigenvalue weighted by Crippen LogP contribution is -2.30. The maximum atomic E-state index is 12.1. The van der Waals surface area contributed by atoms with Gasteiger partial charge in [0.15, 0.2) is 0 Å². The molecule has 0 atom stereocenters. The van der Waals surface area contributed by atoms with Crippen LogP contribution < -0.4 is 9.64 Å². The first-order valence-electron chi connectivity index (χ1n) is 5.29. The van der Waals surface area contributed by atoms with E-state index in [9.17, 15) is 14.0 Å². The Kier molecular flexibility index (Phi) is 3.08. The summed E-state index contributed by atoms with van der Waals surface area (Å²) in [5.74, 6) is -0.628. The average molecular weight is 237 g/mol. The van der Waals surface area contributed by atoms with E-state index in [2.05, 4.69) is 0 Å². The van der Waals surface area contributed by atoms with Gasteiger partial charge in [-0.2, -0.15) is 0 Å². The molecule has 1 aliphatic heterocycles. The number of carbonyl (C=O) groups excluding carboxylic acids is 2. The van der Waals surface area contributed by atoms with Crippen molar-refractivity contribution >= 4 is 17.4 Å². The van der Waals surface area contributed by atoms with Crippen molar-refractivity contribution in [1.29, 1.82) is 0 Å². The normalized spacial score (nSPS) is 14.1. The van der Waals surface area contributed by atoms with Gasteiger partial charge < -0.3 is 9.64 Å². The molecule has 0 radical (unpaired) electrons. The molecule has 1 heterocycles. The molecule has 0 spiro atoms. The van der Waals surface area contributed by atoms with E-state index in [-0.39, 0.29) is 13.0 Å². The number of anilines is 1. The first kappa shape index (κ1) is 11.6. The molecule has 4 nitrogen and oxygen atoms in total. The van der Waals surface area contributed by atoms with Gasteiger partial charge in [-0.25, -0.2) is 0 Å². The summed E-state index contributed by atoms with van der Waals surface area (Å²) in [6.45, 7) is -0.288. The zero-order chi connectivity index (χ0) is 12.4. The first-order chi connectivity index (χ1) is 8.19. The van der Waals surface area contributed by atoms with Gasteiger partial charge in [-0.1, -0.05) is 0 Å². The Labute approximate surface area is 98.0 Å². The number of benzene rings is 1. The monoisotopic (exact) mass is 237 g/mol. The number of halogens is 1. The molecular weight excluding hydrogens is 225 g/mol. The molecule has 0 fully saturated rings. The second-order valence-electron chi connectivity index (χ2n) is 3.71. The van der Waals surface area contributed by atoms with Crippen molar-refractivity contribution in [3.05, 3.63) is 23.8 Å². The SMILES string of the molecule is COc1ccc2c(c1)C(=O)C(=O)N2CCCF. The van der Waals surface area contributed by atoms with Crippen molar-refractivity contribution in [2.45, 2.75) is 6.42 Å². The highest BCUT2D eigenvalue weighted by Gasteiger charge is 2.35. The number of methoxy groups -OCH3 is 1. The van der Waals surface area contributed by atoms with Crippen LogP contribution in [0.2, 0.25) is 0 Å². The molecule has 2 rings (SSSR count). The van der Waals surface area contributed by atoms with E-state index in [4.69, 9.17) is 4.74 Å². The van der Waals surface area contributed by atoms with Gasteiger partial charge in [0.05, 0.1) is 25.0 Å². The number of hydrogen-bond donors (Lipinski definition) is 0. The van der Waals surface area contributed by atoms with Gasteiger partial charge in [0, 0.05) is 6.54 Å². The van der Waals surface area contributed by atoms with Crippen LogP contribution in [-0.2, 0) is 4.79 Å². The van der Waals surface area contributed by atoms with Gasteiger partial charge >= 0.3 is 0 Å². The Morgan fingerprint density at radius 1 is 1.35 bits per heavy atom. The third-order valence-corrected chi connectivity index (χ3v) is 2.69. The summed E-state index contributed by atoms with van der Waals surface area (Å²) in [5.41, 5.74) is 0.863. The number of rotatable bonds is 4. The molecule has 1 aromatic carbocycles. The maximum absolute atomic E-state index is 12.1. The zero-order valence-electron chi connectivity index (χ0n) is 9.40. The second-order valence-corrected chi connectivity index (χ2v) is 3.71. The Balaban J connectivity index is 2.36. The molecule has 0 N–H and O–H groups in total. The number of fused-ring (bicyclic) bond motifs is 1. The molecule has 90 valence electrons. The third-order valence-electron chi connectivity index (χ3n) is 2.69. The van der Waals surface area contributed by atoms with Gasteiger partial charge in [0.25, 0.3) is 11.7 Å². The van der Waals surface area contributed by atoms with Crippen LogP contribution in [0.3, 0.4) is 0 Å². The first-order valence-corrected chi connectivity index (χ1v) is 5.29. The summed E-state index contributed by atoms with van der Waals surface area (Å²) in [5, 5.41) is 0. The molecule has 0 saturated carbocycles. The van der Waals surface area contributed by atoms with Crippen LogP contribution in [0, 0.1) is 0 Å². The van der Waals surface area contributed by atoms with Crippen molar-refractivity contribution in [2.24, 2.45) is 0 Å². The molecule has 0 aliphatic carbocycles. The number of hydrogen-bond acceptors (Lipinski definition) is 3. The third kappa shape index (κ3) is 1.88. The Bertz CT molecular complexity index is 473. The van der Waals surface area contributed by atoms with Crippen LogP contribution in [0.5, 0.6) is 5.75 Å². The number of alkyl halides is 1. The molecular formula is C12H12FNO3. The number of nitrogens with zero attached hydrogens (tertiary/aromatic N) is 1. The summed E-state index contributed by atoms with van der Waals surface area (Å²) in [6, 6.07) is 4.85. The minimum atomic E-state index is -0.596.